The minimum atomic E-state index is 0.346. The van der Waals surface area contributed by atoms with E-state index >= 15 is 0 Å². The molecule has 92 valence electrons. The molecule has 0 radical (unpaired) electrons. The Morgan fingerprint density at radius 3 is 3.00 bits per heavy atom. The van der Waals surface area contributed by atoms with Gasteiger partial charge in [-0.25, -0.2) is 20.4 Å². The third-order valence-electron chi connectivity index (χ3n) is 2.68. The summed E-state index contributed by atoms with van der Waals surface area (Å²) >= 11 is 0. The number of amidine groups is 1. The molecule has 0 amide bonds. The number of hydrogen-bond acceptors (Lipinski definition) is 6. The van der Waals surface area contributed by atoms with Gasteiger partial charge in [-0.3, -0.25) is 4.98 Å². The Hall–Kier alpha value is -2.28. The molecule has 2 aromatic rings. The highest BCUT2D eigenvalue weighted by Gasteiger charge is 2.15. The number of nitrogens with zero attached hydrogens (tertiary/aromatic N) is 4. The summed E-state index contributed by atoms with van der Waals surface area (Å²) in [6.45, 7) is 2.07. The van der Waals surface area contributed by atoms with Crippen molar-refractivity contribution in [3.63, 3.8) is 0 Å². The van der Waals surface area contributed by atoms with E-state index in [1.165, 1.54) is 0 Å². The molecule has 0 bridgehead atoms. The predicted molar refractivity (Wildman–Crippen MR) is 69.2 cm³/mol. The number of anilines is 1. The second-order valence-corrected chi connectivity index (χ2v) is 4.22. The Labute approximate surface area is 104 Å². The zero-order valence-corrected chi connectivity index (χ0v) is 9.88. The first-order valence-electron chi connectivity index (χ1n) is 5.69. The largest absolute Gasteiger partial charge is 0.382 e. The van der Waals surface area contributed by atoms with Gasteiger partial charge in [0.2, 0.25) is 0 Å². The number of rotatable bonds is 1. The van der Waals surface area contributed by atoms with Crippen molar-refractivity contribution in [2.75, 3.05) is 5.73 Å². The first kappa shape index (κ1) is 10.8. The lowest BCUT2D eigenvalue weighted by atomic mass is 10.2. The van der Waals surface area contributed by atoms with Gasteiger partial charge in [0.25, 0.3) is 0 Å². The summed E-state index contributed by atoms with van der Waals surface area (Å²) in [7, 11) is 0. The van der Waals surface area contributed by atoms with Crippen LogP contribution >= 0.6 is 0 Å². The molecule has 0 spiro atoms. The summed E-state index contributed by atoms with van der Waals surface area (Å²) in [6, 6.07) is 2.14. The van der Waals surface area contributed by atoms with Gasteiger partial charge in [-0.15, -0.1) is 0 Å². The molecule has 0 saturated carbocycles. The van der Waals surface area contributed by atoms with Crippen LogP contribution in [-0.2, 0) is 0 Å². The molecule has 0 aromatic carbocycles. The van der Waals surface area contributed by atoms with Crippen molar-refractivity contribution in [3.8, 4) is 0 Å². The number of pyridine rings is 1. The van der Waals surface area contributed by atoms with Gasteiger partial charge in [0.05, 0.1) is 5.52 Å². The van der Waals surface area contributed by atoms with E-state index in [-0.39, 0.29) is 0 Å². The third kappa shape index (κ3) is 1.95. The van der Waals surface area contributed by atoms with Crippen LogP contribution in [0.5, 0.6) is 0 Å². The van der Waals surface area contributed by atoms with Crippen LogP contribution < -0.4 is 16.6 Å². The van der Waals surface area contributed by atoms with Crippen LogP contribution in [0.3, 0.4) is 0 Å². The lowest BCUT2D eigenvalue weighted by Gasteiger charge is -2.02. The van der Waals surface area contributed by atoms with E-state index in [1.54, 1.807) is 18.5 Å². The first-order valence-corrected chi connectivity index (χ1v) is 5.69. The standard InChI is InChI=1S/C11H13N7/c1-6-4-9(18-17-6)15-8-5-7-10(11(12)16-8)14-3-2-13-7/h2-3,5-6,17H,4H2,1H3,(H3,12,15,16,18). The molecule has 2 aromatic heterocycles. The quantitative estimate of drug-likeness (QED) is 0.675. The molecular formula is C11H13N7. The van der Waals surface area contributed by atoms with Crippen molar-refractivity contribution in [3.05, 3.63) is 18.5 Å². The molecule has 0 aliphatic carbocycles. The van der Waals surface area contributed by atoms with Crippen LogP contribution in [0.2, 0.25) is 0 Å². The molecule has 3 heterocycles. The molecular weight excluding hydrogens is 230 g/mol. The molecule has 1 aliphatic heterocycles. The fourth-order valence-corrected chi connectivity index (χ4v) is 1.85. The zero-order valence-electron chi connectivity index (χ0n) is 9.88. The Morgan fingerprint density at radius 2 is 2.22 bits per heavy atom. The number of nitrogen functional groups attached to an aromatic ring is 1. The summed E-state index contributed by atoms with van der Waals surface area (Å²) in [5.74, 6) is 1.73. The highest BCUT2D eigenvalue weighted by Crippen LogP contribution is 2.20. The van der Waals surface area contributed by atoms with Crippen LogP contribution in [-0.4, -0.2) is 26.8 Å². The molecule has 7 heteroatoms. The average Bonchev–Trinajstić information content (AvgIpc) is 2.75. The zero-order chi connectivity index (χ0) is 12.5. The fourth-order valence-electron chi connectivity index (χ4n) is 1.85. The number of aliphatic imine (C=N–C) groups is 1. The van der Waals surface area contributed by atoms with Gasteiger partial charge in [0, 0.05) is 30.9 Å². The maximum Gasteiger partial charge on any atom is 0.158 e. The summed E-state index contributed by atoms with van der Waals surface area (Å²) in [5.41, 5.74) is 13.2. The lowest BCUT2D eigenvalue weighted by molar-refractivity contribution is 0.602. The average molecular weight is 243 g/mol. The second kappa shape index (κ2) is 4.19. The Balaban J connectivity index is 2.03. The Morgan fingerprint density at radius 1 is 1.39 bits per heavy atom. The highest BCUT2D eigenvalue weighted by atomic mass is 15.4. The highest BCUT2D eigenvalue weighted by molar-refractivity contribution is 5.89. The third-order valence-corrected chi connectivity index (χ3v) is 2.68. The normalized spacial score (nSPS) is 21.4. The number of nitrogens with two attached hydrogens (primary N) is 1. The van der Waals surface area contributed by atoms with Gasteiger partial charge in [0.15, 0.2) is 11.6 Å². The van der Waals surface area contributed by atoms with Crippen LogP contribution in [0.25, 0.3) is 11.0 Å². The van der Waals surface area contributed by atoms with Gasteiger partial charge >= 0.3 is 0 Å². The molecule has 1 saturated heterocycles. The molecule has 1 atom stereocenters. The number of hydrazine groups is 1. The van der Waals surface area contributed by atoms with Crippen LogP contribution in [0.4, 0.5) is 11.6 Å². The summed E-state index contributed by atoms with van der Waals surface area (Å²) in [4.78, 5) is 17.0. The monoisotopic (exact) mass is 243 g/mol. The SMILES string of the molecule is CC1CC(=Nc2cc3nccnc3c(N)n2)NN1. The van der Waals surface area contributed by atoms with Crippen molar-refractivity contribution in [2.45, 2.75) is 19.4 Å². The van der Waals surface area contributed by atoms with Crippen LogP contribution in [0.15, 0.2) is 23.5 Å². The first-order chi connectivity index (χ1) is 8.72. The molecule has 1 unspecified atom stereocenters. The molecule has 4 N–H and O–H groups in total. The van der Waals surface area contributed by atoms with Crippen molar-refractivity contribution in [1.29, 1.82) is 0 Å². The molecule has 1 aliphatic rings. The maximum absolute atomic E-state index is 5.84. The number of aromatic nitrogens is 3. The summed E-state index contributed by atoms with van der Waals surface area (Å²) in [6.07, 6.45) is 4.05. The van der Waals surface area contributed by atoms with Crippen molar-refractivity contribution < 1.29 is 0 Å². The number of hydrogen-bond donors (Lipinski definition) is 3. The molecule has 1 fully saturated rings. The maximum atomic E-state index is 5.84. The molecule has 7 nitrogen and oxygen atoms in total. The lowest BCUT2D eigenvalue weighted by Crippen LogP contribution is -2.29. The van der Waals surface area contributed by atoms with Crippen molar-refractivity contribution >= 4 is 28.5 Å². The van der Waals surface area contributed by atoms with Gasteiger partial charge in [0.1, 0.15) is 11.4 Å². The van der Waals surface area contributed by atoms with Crippen molar-refractivity contribution in [1.82, 2.24) is 25.8 Å². The Kier molecular flexibility index (Phi) is 2.52. The Bertz CT molecular complexity index is 622. The van der Waals surface area contributed by atoms with Gasteiger partial charge in [-0.2, -0.15) is 0 Å². The van der Waals surface area contributed by atoms with E-state index in [4.69, 9.17) is 5.73 Å². The van der Waals surface area contributed by atoms with Crippen LogP contribution in [0.1, 0.15) is 13.3 Å². The minimum Gasteiger partial charge on any atom is -0.382 e. The fraction of sp³-hybridized carbons (Fsp3) is 0.273. The topological polar surface area (TPSA) is 101 Å². The number of nitrogens with one attached hydrogen (secondary N) is 2. The van der Waals surface area contributed by atoms with Gasteiger partial charge in [-0.1, -0.05) is 0 Å². The van der Waals surface area contributed by atoms with Gasteiger partial charge < -0.3 is 11.2 Å². The van der Waals surface area contributed by atoms with E-state index < -0.39 is 0 Å². The predicted octanol–water partition coefficient (Wildman–Crippen LogP) is 0.523. The smallest absolute Gasteiger partial charge is 0.158 e. The molecule has 18 heavy (non-hydrogen) atoms. The van der Waals surface area contributed by atoms with E-state index in [0.29, 0.717) is 28.7 Å². The molecule has 3 rings (SSSR count). The van der Waals surface area contributed by atoms with E-state index in [9.17, 15) is 0 Å². The minimum absolute atomic E-state index is 0.346. The van der Waals surface area contributed by atoms with E-state index in [1.807, 2.05) is 0 Å². The van der Waals surface area contributed by atoms with Gasteiger partial charge in [-0.05, 0) is 6.92 Å². The second-order valence-electron chi connectivity index (χ2n) is 4.22. The summed E-state index contributed by atoms with van der Waals surface area (Å²) in [5, 5.41) is 0. The number of fused-ring (bicyclic) bond motifs is 1. The van der Waals surface area contributed by atoms with E-state index in [2.05, 4.69) is 37.7 Å². The summed E-state index contributed by atoms with van der Waals surface area (Å²) < 4.78 is 0. The van der Waals surface area contributed by atoms with E-state index in [0.717, 1.165) is 12.3 Å². The van der Waals surface area contributed by atoms with Crippen molar-refractivity contribution in [2.24, 2.45) is 4.99 Å². The van der Waals surface area contributed by atoms with Crippen LogP contribution in [0, 0.1) is 0 Å².